The van der Waals surface area contributed by atoms with Gasteiger partial charge in [-0.25, -0.2) is 0 Å². The number of nitro benzene ring substituents is 1. The van der Waals surface area contributed by atoms with E-state index in [1.54, 1.807) is 12.1 Å². The van der Waals surface area contributed by atoms with Crippen molar-refractivity contribution in [3.63, 3.8) is 0 Å². The van der Waals surface area contributed by atoms with Gasteiger partial charge in [-0.05, 0) is 31.5 Å². The van der Waals surface area contributed by atoms with Crippen LogP contribution < -0.4 is 11.5 Å². The topological polar surface area (TPSA) is 115 Å². The third-order valence-electron chi connectivity index (χ3n) is 3.75. The number of anilines is 1. The van der Waals surface area contributed by atoms with Crippen molar-refractivity contribution >= 4 is 17.3 Å². The van der Waals surface area contributed by atoms with Gasteiger partial charge in [0.1, 0.15) is 5.69 Å². The quantitative estimate of drug-likeness (QED) is 0.481. The zero-order chi connectivity index (χ0) is 14.7. The van der Waals surface area contributed by atoms with Crippen LogP contribution in [0.2, 0.25) is 0 Å². The summed E-state index contributed by atoms with van der Waals surface area (Å²) in [6.45, 7) is 2.05. The van der Waals surface area contributed by atoms with Crippen LogP contribution in [0.3, 0.4) is 0 Å². The van der Waals surface area contributed by atoms with E-state index in [0.717, 1.165) is 31.5 Å². The molecule has 1 amide bonds. The van der Waals surface area contributed by atoms with Crippen molar-refractivity contribution in [2.75, 3.05) is 18.8 Å². The van der Waals surface area contributed by atoms with Crippen LogP contribution in [0.5, 0.6) is 0 Å². The number of carbonyl (C=O) groups excluding carboxylic acids is 1. The number of para-hydroxylation sites is 1. The number of nitrogens with zero attached hydrogens (tertiary/aromatic N) is 2. The van der Waals surface area contributed by atoms with E-state index in [4.69, 9.17) is 11.5 Å². The minimum absolute atomic E-state index is 0.0606. The molecule has 0 aromatic heterocycles. The number of nitrogens with two attached hydrogens (primary N) is 2. The van der Waals surface area contributed by atoms with E-state index < -0.39 is 4.92 Å². The summed E-state index contributed by atoms with van der Waals surface area (Å²) in [6.07, 6.45) is 1.45. The van der Waals surface area contributed by atoms with Crippen LogP contribution in [0.15, 0.2) is 18.2 Å². The van der Waals surface area contributed by atoms with E-state index in [9.17, 15) is 14.9 Å². The van der Waals surface area contributed by atoms with E-state index in [0.29, 0.717) is 6.54 Å². The second kappa shape index (κ2) is 5.87. The van der Waals surface area contributed by atoms with E-state index >= 15 is 0 Å². The van der Waals surface area contributed by atoms with Gasteiger partial charge in [-0.1, -0.05) is 12.1 Å². The Kier molecular flexibility index (Phi) is 4.19. The fourth-order valence-corrected chi connectivity index (χ4v) is 2.51. The molecular weight excluding hydrogens is 260 g/mol. The van der Waals surface area contributed by atoms with Crippen molar-refractivity contribution in [3.05, 3.63) is 33.9 Å². The number of nitrogen functional groups attached to an aromatic ring is 1. The Morgan fingerprint density at radius 1 is 1.40 bits per heavy atom. The molecule has 0 radical (unpaired) electrons. The summed E-state index contributed by atoms with van der Waals surface area (Å²) in [5, 5.41) is 10.8. The summed E-state index contributed by atoms with van der Waals surface area (Å²) in [6, 6.07) is 4.83. The maximum atomic E-state index is 11.1. The molecule has 108 valence electrons. The molecular formula is C13H18N4O3. The van der Waals surface area contributed by atoms with Gasteiger partial charge >= 0.3 is 0 Å². The lowest BCUT2D eigenvalue weighted by molar-refractivity contribution is -0.384. The average Bonchev–Trinajstić information content (AvgIpc) is 2.41. The van der Waals surface area contributed by atoms with Gasteiger partial charge in [0.15, 0.2) is 0 Å². The first-order valence-electron chi connectivity index (χ1n) is 6.52. The maximum absolute atomic E-state index is 11.1. The lowest BCUT2D eigenvalue weighted by Gasteiger charge is -2.30. The maximum Gasteiger partial charge on any atom is 0.292 e. The number of amides is 1. The van der Waals surface area contributed by atoms with Crippen molar-refractivity contribution in [3.8, 4) is 0 Å². The molecule has 4 N–H and O–H groups in total. The summed E-state index contributed by atoms with van der Waals surface area (Å²) in [4.78, 5) is 23.6. The fourth-order valence-electron chi connectivity index (χ4n) is 2.51. The van der Waals surface area contributed by atoms with Crippen molar-refractivity contribution in [1.82, 2.24) is 4.90 Å². The molecule has 1 heterocycles. The summed E-state index contributed by atoms with van der Waals surface area (Å²) in [7, 11) is 0. The predicted octanol–water partition coefficient (Wildman–Crippen LogP) is 0.874. The van der Waals surface area contributed by atoms with Crippen molar-refractivity contribution in [1.29, 1.82) is 0 Å². The minimum Gasteiger partial charge on any atom is -0.393 e. The van der Waals surface area contributed by atoms with E-state index in [2.05, 4.69) is 4.90 Å². The highest BCUT2D eigenvalue weighted by Gasteiger charge is 2.24. The van der Waals surface area contributed by atoms with Gasteiger partial charge in [0.25, 0.3) is 5.69 Å². The Labute approximate surface area is 116 Å². The highest BCUT2D eigenvalue weighted by molar-refractivity contribution is 5.76. The summed E-state index contributed by atoms with van der Waals surface area (Å²) >= 11 is 0. The van der Waals surface area contributed by atoms with Gasteiger partial charge in [-0.2, -0.15) is 0 Å². The van der Waals surface area contributed by atoms with Crippen LogP contribution in [-0.4, -0.2) is 28.8 Å². The minimum atomic E-state index is -0.474. The number of likely N-dealkylation sites (tertiary alicyclic amines) is 1. The zero-order valence-electron chi connectivity index (χ0n) is 11.1. The highest BCUT2D eigenvalue weighted by atomic mass is 16.6. The van der Waals surface area contributed by atoms with E-state index in [-0.39, 0.29) is 23.2 Å². The molecule has 0 aliphatic carbocycles. The van der Waals surface area contributed by atoms with Crippen LogP contribution in [0, 0.1) is 16.0 Å². The van der Waals surface area contributed by atoms with Crippen LogP contribution in [0.1, 0.15) is 18.4 Å². The number of rotatable bonds is 4. The predicted molar refractivity (Wildman–Crippen MR) is 74.7 cm³/mol. The molecule has 2 rings (SSSR count). The number of carbonyl (C=O) groups is 1. The number of hydrogen-bond donors (Lipinski definition) is 2. The highest BCUT2D eigenvalue weighted by Crippen LogP contribution is 2.27. The summed E-state index contributed by atoms with van der Waals surface area (Å²) < 4.78 is 0. The van der Waals surface area contributed by atoms with Crippen molar-refractivity contribution < 1.29 is 9.72 Å². The Morgan fingerprint density at radius 3 is 2.60 bits per heavy atom. The molecule has 0 saturated carbocycles. The van der Waals surface area contributed by atoms with Crippen molar-refractivity contribution in [2.45, 2.75) is 19.4 Å². The lowest BCUT2D eigenvalue weighted by atomic mass is 9.96. The molecule has 1 aromatic carbocycles. The molecule has 0 atom stereocenters. The SMILES string of the molecule is NC(=O)C1CCN(Cc2cccc([N+](=O)[O-])c2N)CC1. The molecule has 1 aliphatic heterocycles. The number of hydrogen-bond acceptors (Lipinski definition) is 5. The summed E-state index contributed by atoms with van der Waals surface area (Å²) in [5.41, 5.74) is 12.0. The molecule has 1 aliphatic rings. The van der Waals surface area contributed by atoms with E-state index in [1.165, 1.54) is 6.07 Å². The first-order valence-corrected chi connectivity index (χ1v) is 6.52. The van der Waals surface area contributed by atoms with Gasteiger partial charge in [0.2, 0.25) is 5.91 Å². The number of primary amides is 1. The van der Waals surface area contributed by atoms with Gasteiger partial charge in [0, 0.05) is 18.5 Å². The Hall–Kier alpha value is -2.15. The molecule has 1 fully saturated rings. The third-order valence-corrected chi connectivity index (χ3v) is 3.75. The Morgan fingerprint density at radius 2 is 2.05 bits per heavy atom. The molecule has 0 spiro atoms. The third kappa shape index (κ3) is 3.05. The molecule has 20 heavy (non-hydrogen) atoms. The van der Waals surface area contributed by atoms with Crippen LogP contribution in [-0.2, 0) is 11.3 Å². The standard InChI is InChI=1S/C13H18N4O3/c14-12-10(2-1-3-11(12)17(19)20)8-16-6-4-9(5-7-16)13(15)18/h1-3,9H,4-8,14H2,(H2,15,18). The monoisotopic (exact) mass is 278 g/mol. The lowest BCUT2D eigenvalue weighted by Crippen LogP contribution is -2.38. The zero-order valence-corrected chi connectivity index (χ0v) is 11.1. The second-order valence-corrected chi connectivity index (χ2v) is 5.06. The first kappa shape index (κ1) is 14.3. The number of benzene rings is 1. The summed E-state index contributed by atoms with van der Waals surface area (Å²) in [5.74, 6) is -0.312. The van der Waals surface area contributed by atoms with Crippen molar-refractivity contribution in [2.24, 2.45) is 11.7 Å². The van der Waals surface area contributed by atoms with Crippen LogP contribution in [0.4, 0.5) is 11.4 Å². The molecule has 7 heteroatoms. The Balaban J connectivity index is 2.03. The normalized spacial score (nSPS) is 17.0. The molecule has 1 aromatic rings. The van der Waals surface area contributed by atoms with Crippen LogP contribution in [0.25, 0.3) is 0 Å². The molecule has 7 nitrogen and oxygen atoms in total. The Bertz CT molecular complexity index is 524. The molecule has 0 bridgehead atoms. The fraction of sp³-hybridized carbons (Fsp3) is 0.462. The molecule has 1 saturated heterocycles. The van der Waals surface area contributed by atoms with Gasteiger partial charge < -0.3 is 11.5 Å². The smallest absolute Gasteiger partial charge is 0.292 e. The second-order valence-electron chi connectivity index (χ2n) is 5.06. The number of nitro groups is 1. The molecule has 0 unspecified atom stereocenters. The largest absolute Gasteiger partial charge is 0.393 e. The van der Waals surface area contributed by atoms with Gasteiger partial charge in [0.05, 0.1) is 4.92 Å². The van der Waals surface area contributed by atoms with Gasteiger partial charge in [-0.15, -0.1) is 0 Å². The average molecular weight is 278 g/mol. The van der Waals surface area contributed by atoms with Crippen LogP contribution >= 0.6 is 0 Å². The van der Waals surface area contributed by atoms with Gasteiger partial charge in [-0.3, -0.25) is 19.8 Å². The first-order chi connectivity index (χ1) is 9.49. The number of piperidine rings is 1. The van der Waals surface area contributed by atoms with E-state index in [1.807, 2.05) is 0 Å².